The van der Waals surface area contributed by atoms with Crippen LogP contribution in [-0.4, -0.2) is 28.4 Å². The van der Waals surface area contributed by atoms with E-state index in [1.165, 1.54) is 10.9 Å². The summed E-state index contributed by atoms with van der Waals surface area (Å²) in [6.45, 7) is 1.45. The number of rotatable bonds is 6. The van der Waals surface area contributed by atoms with Gasteiger partial charge in [0, 0.05) is 25.8 Å². The molecule has 3 aromatic carbocycles. The van der Waals surface area contributed by atoms with Gasteiger partial charge in [-0.25, -0.2) is 4.98 Å². The van der Waals surface area contributed by atoms with Gasteiger partial charge in [-0.05, 0) is 67.6 Å². The second-order valence-corrected chi connectivity index (χ2v) is 9.00. The number of anilines is 1. The number of halogens is 3. The van der Waals surface area contributed by atoms with Gasteiger partial charge >= 0.3 is 0 Å². The molecule has 0 spiro atoms. The van der Waals surface area contributed by atoms with E-state index in [1.54, 1.807) is 61.5 Å². The summed E-state index contributed by atoms with van der Waals surface area (Å²) in [6.07, 6.45) is 1.44. The van der Waals surface area contributed by atoms with Crippen LogP contribution in [0.5, 0.6) is 5.75 Å². The number of nitrogens with one attached hydrogen (secondary N) is 1. The topological polar surface area (TPSA) is 85.6 Å². The summed E-state index contributed by atoms with van der Waals surface area (Å²) in [5.41, 5.74) is 1.36. The van der Waals surface area contributed by atoms with Crippen molar-refractivity contribution in [2.45, 2.75) is 6.92 Å². The minimum Gasteiger partial charge on any atom is -0.483 e. The Kier molecular flexibility index (Phi) is 7.31. The molecule has 0 saturated heterocycles. The van der Waals surface area contributed by atoms with Crippen LogP contribution in [0.4, 0.5) is 5.69 Å². The molecule has 172 valence electrons. The molecule has 0 bridgehead atoms. The number of hydrogen-bond donors (Lipinski definition) is 1. The molecule has 1 amide bonds. The predicted octanol–water partition coefficient (Wildman–Crippen LogP) is 5.67. The van der Waals surface area contributed by atoms with Crippen LogP contribution in [0.2, 0.25) is 10.0 Å². The Morgan fingerprint density at radius 3 is 2.62 bits per heavy atom. The van der Waals surface area contributed by atoms with Crippen molar-refractivity contribution in [3.05, 3.63) is 96.9 Å². The van der Waals surface area contributed by atoms with E-state index in [4.69, 9.17) is 27.9 Å². The second-order valence-electron chi connectivity index (χ2n) is 7.21. The third-order valence-electron chi connectivity index (χ3n) is 4.74. The smallest absolute Gasteiger partial charge is 0.282 e. The van der Waals surface area contributed by atoms with Crippen molar-refractivity contribution in [3.8, 4) is 5.75 Å². The molecular formula is C24H17BrCl2N4O3. The average molecular weight is 560 g/mol. The quantitative estimate of drug-likeness (QED) is 0.308. The molecule has 0 fully saturated rings. The number of carbonyl (C=O) groups excluding carboxylic acids is 1. The molecule has 0 radical (unpaired) electrons. The molecule has 1 aromatic heterocycles. The summed E-state index contributed by atoms with van der Waals surface area (Å²) in [6, 6.07) is 16.9. The summed E-state index contributed by atoms with van der Waals surface area (Å²) in [5, 5.41) is 8.48. The van der Waals surface area contributed by atoms with E-state index in [0.717, 1.165) is 4.47 Å². The number of benzene rings is 3. The lowest BCUT2D eigenvalue weighted by Crippen LogP contribution is -2.21. The van der Waals surface area contributed by atoms with Gasteiger partial charge in [0.2, 0.25) is 0 Å². The van der Waals surface area contributed by atoms with Gasteiger partial charge in [-0.1, -0.05) is 39.1 Å². The minimum atomic E-state index is -0.350. The number of fused-ring (bicyclic) bond motifs is 1. The van der Waals surface area contributed by atoms with Crippen molar-refractivity contribution in [1.29, 1.82) is 0 Å². The van der Waals surface area contributed by atoms with Crippen molar-refractivity contribution in [2.24, 2.45) is 5.10 Å². The van der Waals surface area contributed by atoms with Crippen LogP contribution in [0.25, 0.3) is 10.9 Å². The van der Waals surface area contributed by atoms with Crippen LogP contribution in [0.15, 0.2) is 75.0 Å². The SMILES string of the molecule is Cc1nc2ccc(Br)cc2c(=O)n1N=Cc1cc(Cl)ccc1OCC(=O)Nc1ccc(Cl)cc1. The number of amides is 1. The lowest BCUT2D eigenvalue weighted by atomic mass is 10.2. The first-order chi connectivity index (χ1) is 16.3. The summed E-state index contributed by atoms with van der Waals surface area (Å²) < 4.78 is 7.65. The van der Waals surface area contributed by atoms with Gasteiger partial charge in [-0.15, -0.1) is 0 Å². The Bertz CT molecular complexity index is 1470. The second kappa shape index (κ2) is 10.4. The van der Waals surface area contributed by atoms with Crippen molar-refractivity contribution in [1.82, 2.24) is 9.66 Å². The highest BCUT2D eigenvalue weighted by Crippen LogP contribution is 2.22. The molecule has 0 aliphatic carbocycles. The number of carbonyl (C=O) groups is 1. The Morgan fingerprint density at radius 2 is 1.85 bits per heavy atom. The number of aromatic nitrogens is 2. The summed E-state index contributed by atoms with van der Waals surface area (Å²) >= 11 is 15.4. The number of ether oxygens (including phenoxy) is 1. The van der Waals surface area contributed by atoms with E-state index >= 15 is 0 Å². The first-order valence-electron chi connectivity index (χ1n) is 10.0. The van der Waals surface area contributed by atoms with Gasteiger partial charge in [0.05, 0.1) is 17.1 Å². The maximum Gasteiger partial charge on any atom is 0.282 e. The number of hydrogen-bond acceptors (Lipinski definition) is 5. The van der Waals surface area contributed by atoms with Crippen molar-refractivity contribution in [2.75, 3.05) is 11.9 Å². The molecule has 0 aliphatic rings. The molecule has 0 aliphatic heterocycles. The van der Waals surface area contributed by atoms with Gasteiger partial charge in [0.15, 0.2) is 6.61 Å². The van der Waals surface area contributed by atoms with Crippen LogP contribution in [0.3, 0.4) is 0 Å². The Morgan fingerprint density at radius 1 is 1.12 bits per heavy atom. The van der Waals surface area contributed by atoms with Gasteiger partial charge < -0.3 is 10.1 Å². The van der Waals surface area contributed by atoms with E-state index in [9.17, 15) is 9.59 Å². The van der Waals surface area contributed by atoms with Gasteiger partial charge in [-0.3, -0.25) is 9.59 Å². The Labute approximate surface area is 213 Å². The van der Waals surface area contributed by atoms with Crippen LogP contribution < -0.4 is 15.6 Å². The van der Waals surface area contributed by atoms with Crippen LogP contribution in [-0.2, 0) is 4.79 Å². The maximum absolute atomic E-state index is 13.0. The largest absolute Gasteiger partial charge is 0.483 e. The number of nitrogens with zero attached hydrogens (tertiary/aromatic N) is 3. The average Bonchev–Trinajstić information content (AvgIpc) is 2.80. The lowest BCUT2D eigenvalue weighted by molar-refractivity contribution is -0.118. The molecule has 4 rings (SSSR count). The highest BCUT2D eigenvalue weighted by Gasteiger charge is 2.10. The number of aryl methyl sites for hydroxylation is 1. The molecule has 7 nitrogen and oxygen atoms in total. The molecule has 4 aromatic rings. The molecule has 10 heteroatoms. The zero-order valence-electron chi connectivity index (χ0n) is 17.8. The van der Waals surface area contributed by atoms with Crippen molar-refractivity contribution in [3.63, 3.8) is 0 Å². The third kappa shape index (κ3) is 5.64. The van der Waals surface area contributed by atoms with E-state index in [0.29, 0.717) is 43.8 Å². The van der Waals surface area contributed by atoms with Gasteiger partial charge in [0.25, 0.3) is 11.5 Å². The zero-order valence-corrected chi connectivity index (χ0v) is 20.9. The Hall–Kier alpha value is -3.20. The van der Waals surface area contributed by atoms with E-state index < -0.39 is 0 Å². The van der Waals surface area contributed by atoms with E-state index in [2.05, 4.69) is 31.3 Å². The fraction of sp³-hybridized carbons (Fsp3) is 0.0833. The van der Waals surface area contributed by atoms with Crippen LogP contribution >= 0.6 is 39.1 Å². The standard InChI is InChI=1S/C24H17BrCl2N4O3/c1-14-29-21-8-2-16(25)11-20(21)24(33)31(14)28-12-15-10-18(27)5-9-22(15)34-13-23(32)30-19-6-3-17(26)4-7-19/h2-12H,13H2,1H3,(H,30,32). The normalized spacial score (nSPS) is 11.2. The van der Waals surface area contributed by atoms with Crippen molar-refractivity contribution < 1.29 is 9.53 Å². The lowest BCUT2D eigenvalue weighted by Gasteiger charge is -2.10. The monoisotopic (exact) mass is 558 g/mol. The zero-order chi connectivity index (χ0) is 24.2. The molecular weight excluding hydrogens is 543 g/mol. The third-order valence-corrected chi connectivity index (χ3v) is 5.72. The molecule has 0 saturated carbocycles. The van der Waals surface area contributed by atoms with E-state index in [1.807, 2.05) is 6.07 Å². The van der Waals surface area contributed by atoms with E-state index in [-0.39, 0.29) is 18.1 Å². The Balaban J connectivity index is 1.56. The van der Waals surface area contributed by atoms with Gasteiger partial charge in [-0.2, -0.15) is 9.78 Å². The summed E-state index contributed by atoms with van der Waals surface area (Å²) in [7, 11) is 0. The molecule has 1 N–H and O–H groups in total. The van der Waals surface area contributed by atoms with Crippen LogP contribution in [0, 0.1) is 6.92 Å². The minimum absolute atomic E-state index is 0.240. The molecule has 0 unspecified atom stereocenters. The first-order valence-corrected chi connectivity index (χ1v) is 11.6. The van der Waals surface area contributed by atoms with Gasteiger partial charge in [0.1, 0.15) is 11.6 Å². The summed E-state index contributed by atoms with van der Waals surface area (Å²) in [5.74, 6) is 0.445. The summed E-state index contributed by atoms with van der Waals surface area (Å²) in [4.78, 5) is 29.7. The maximum atomic E-state index is 13.0. The highest BCUT2D eigenvalue weighted by molar-refractivity contribution is 9.10. The fourth-order valence-electron chi connectivity index (χ4n) is 3.14. The predicted molar refractivity (Wildman–Crippen MR) is 138 cm³/mol. The molecule has 34 heavy (non-hydrogen) atoms. The fourth-order valence-corrected chi connectivity index (χ4v) is 3.81. The highest BCUT2D eigenvalue weighted by atomic mass is 79.9. The molecule has 0 atom stereocenters. The van der Waals surface area contributed by atoms with Crippen molar-refractivity contribution >= 4 is 67.8 Å². The molecule has 1 heterocycles. The first kappa shape index (κ1) is 23.9. The van der Waals surface area contributed by atoms with Crippen LogP contribution in [0.1, 0.15) is 11.4 Å².